The second-order valence-electron chi connectivity index (χ2n) is 4.51. The summed E-state index contributed by atoms with van der Waals surface area (Å²) in [5.41, 5.74) is 1.01. The van der Waals surface area contributed by atoms with Gasteiger partial charge in [-0.05, 0) is 29.7 Å². The lowest BCUT2D eigenvalue weighted by molar-refractivity contribution is 0.266. The fourth-order valence-electron chi connectivity index (χ4n) is 1.32. The minimum atomic E-state index is 0.0834. The standard InChI is InChI=1S/C13H19ClO2/c1-9(2)8-16-13-5-11(10(3)7-15)4-12(14)6-13/h4-6,9-10,15H,7-8H2,1-3H3. The molecule has 0 aromatic heterocycles. The molecule has 0 saturated heterocycles. The molecule has 2 nitrogen and oxygen atoms in total. The van der Waals surface area contributed by atoms with E-state index in [1.807, 2.05) is 19.1 Å². The predicted molar refractivity (Wildman–Crippen MR) is 67.3 cm³/mol. The zero-order chi connectivity index (χ0) is 12.1. The Morgan fingerprint density at radius 2 is 1.94 bits per heavy atom. The molecule has 0 heterocycles. The monoisotopic (exact) mass is 242 g/mol. The van der Waals surface area contributed by atoms with Crippen LogP contribution in [0.25, 0.3) is 0 Å². The molecular weight excluding hydrogens is 224 g/mol. The van der Waals surface area contributed by atoms with Gasteiger partial charge < -0.3 is 9.84 Å². The third-order valence-corrected chi connectivity index (χ3v) is 2.54. The molecule has 3 heteroatoms. The largest absolute Gasteiger partial charge is 0.493 e. The van der Waals surface area contributed by atoms with Crippen molar-refractivity contribution in [1.82, 2.24) is 0 Å². The lowest BCUT2D eigenvalue weighted by Gasteiger charge is -2.13. The highest BCUT2D eigenvalue weighted by Gasteiger charge is 2.07. The van der Waals surface area contributed by atoms with E-state index < -0.39 is 0 Å². The van der Waals surface area contributed by atoms with Crippen LogP contribution in [-0.2, 0) is 0 Å². The molecule has 16 heavy (non-hydrogen) atoms. The van der Waals surface area contributed by atoms with Crippen LogP contribution in [0.4, 0.5) is 0 Å². The molecule has 0 saturated carbocycles. The van der Waals surface area contributed by atoms with E-state index in [-0.39, 0.29) is 12.5 Å². The Morgan fingerprint density at radius 1 is 1.25 bits per heavy atom. The van der Waals surface area contributed by atoms with Crippen LogP contribution >= 0.6 is 11.6 Å². The molecule has 0 fully saturated rings. The summed E-state index contributed by atoms with van der Waals surface area (Å²) in [6, 6.07) is 5.61. The van der Waals surface area contributed by atoms with Gasteiger partial charge >= 0.3 is 0 Å². The van der Waals surface area contributed by atoms with Gasteiger partial charge in [0.15, 0.2) is 0 Å². The number of benzene rings is 1. The highest BCUT2D eigenvalue weighted by molar-refractivity contribution is 6.30. The van der Waals surface area contributed by atoms with Crippen LogP contribution in [0, 0.1) is 5.92 Å². The highest BCUT2D eigenvalue weighted by atomic mass is 35.5. The summed E-state index contributed by atoms with van der Waals surface area (Å²) in [7, 11) is 0. The molecule has 1 unspecified atom stereocenters. The third-order valence-electron chi connectivity index (χ3n) is 2.32. The van der Waals surface area contributed by atoms with Gasteiger partial charge in [-0.25, -0.2) is 0 Å². The highest BCUT2D eigenvalue weighted by Crippen LogP contribution is 2.26. The first-order chi connectivity index (χ1) is 7.52. The molecule has 0 aliphatic rings. The Labute approximate surface area is 102 Å². The van der Waals surface area contributed by atoms with E-state index in [0.29, 0.717) is 17.5 Å². The Hall–Kier alpha value is -0.730. The van der Waals surface area contributed by atoms with E-state index in [9.17, 15) is 0 Å². The topological polar surface area (TPSA) is 29.5 Å². The summed E-state index contributed by atoms with van der Waals surface area (Å²) in [6.07, 6.45) is 0. The molecular formula is C13H19ClO2. The van der Waals surface area contributed by atoms with Gasteiger partial charge in [-0.2, -0.15) is 0 Å². The summed E-state index contributed by atoms with van der Waals surface area (Å²) >= 11 is 6.00. The fourth-order valence-corrected chi connectivity index (χ4v) is 1.55. The van der Waals surface area contributed by atoms with Crippen molar-refractivity contribution in [3.8, 4) is 5.75 Å². The van der Waals surface area contributed by atoms with Gasteiger partial charge in [0.25, 0.3) is 0 Å². The number of aliphatic hydroxyl groups excluding tert-OH is 1. The van der Waals surface area contributed by atoms with Crippen LogP contribution in [0.5, 0.6) is 5.75 Å². The molecule has 0 aliphatic carbocycles. The first kappa shape index (κ1) is 13.3. The average molecular weight is 243 g/mol. The lowest BCUT2D eigenvalue weighted by atomic mass is 10.0. The first-order valence-electron chi connectivity index (χ1n) is 5.57. The van der Waals surface area contributed by atoms with Crippen LogP contribution < -0.4 is 4.74 Å². The van der Waals surface area contributed by atoms with Gasteiger partial charge in [0, 0.05) is 17.5 Å². The van der Waals surface area contributed by atoms with Crippen LogP contribution in [0.3, 0.4) is 0 Å². The maximum Gasteiger partial charge on any atom is 0.121 e. The minimum Gasteiger partial charge on any atom is -0.493 e. The van der Waals surface area contributed by atoms with E-state index in [4.69, 9.17) is 21.4 Å². The second-order valence-corrected chi connectivity index (χ2v) is 4.95. The second kappa shape index (κ2) is 6.12. The van der Waals surface area contributed by atoms with E-state index in [1.165, 1.54) is 0 Å². The maximum absolute atomic E-state index is 9.10. The van der Waals surface area contributed by atoms with Crippen molar-refractivity contribution < 1.29 is 9.84 Å². The molecule has 1 atom stereocenters. The van der Waals surface area contributed by atoms with Crippen LogP contribution in [-0.4, -0.2) is 18.3 Å². The van der Waals surface area contributed by atoms with Crippen molar-refractivity contribution in [1.29, 1.82) is 0 Å². The van der Waals surface area contributed by atoms with Crippen molar-refractivity contribution in [2.45, 2.75) is 26.7 Å². The molecule has 0 spiro atoms. The Balaban J connectivity index is 2.81. The number of hydrogen-bond donors (Lipinski definition) is 1. The summed E-state index contributed by atoms with van der Waals surface area (Å²) in [5.74, 6) is 1.34. The smallest absolute Gasteiger partial charge is 0.121 e. The molecule has 90 valence electrons. The quantitative estimate of drug-likeness (QED) is 0.857. The summed E-state index contributed by atoms with van der Waals surface area (Å²) in [6.45, 7) is 6.94. The average Bonchev–Trinajstić information content (AvgIpc) is 2.24. The van der Waals surface area contributed by atoms with Crippen molar-refractivity contribution in [2.75, 3.05) is 13.2 Å². The van der Waals surface area contributed by atoms with Gasteiger partial charge in [-0.3, -0.25) is 0 Å². The van der Waals surface area contributed by atoms with E-state index in [0.717, 1.165) is 11.3 Å². The molecule has 1 N–H and O–H groups in total. The first-order valence-corrected chi connectivity index (χ1v) is 5.95. The van der Waals surface area contributed by atoms with Gasteiger partial charge in [0.05, 0.1) is 6.61 Å². The molecule has 0 aliphatic heterocycles. The summed E-state index contributed by atoms with van der Waals surface area (Å²) in [4.78, 5) is 0. The maximum atomic E-state index is 9.10. The van der Waals surface area contributed by atoms with Crippen molar-refractivity contribution >= 4 is 11.6 Å². The fraction of sp³-hybridized carbons (Fsp3) is 0.538. The molecule has 0 radical (unpaired) electrons. The minimum absolute atomic E-state index is 0.0834. The zero-order valence-corrected chi connectivity index (χ0v) is 10.8. The number of hydrogen-bond acceptors (Lipinski definition) is 2. The Kier molecular flexibility index (Phi) is 5.10. The number of rotatable bonds is 5. The van der Waals surface area contributed by atoms with Gasteiger partial charge in [-0.1, -0.05) is 32.4 Å². The van der Waals surface area contributed by atoms with Crippen LogP contribution in [0.2, 0.25) is 5.02 Å². The van der Waals surface area contributed by atoms with Gasteiger partial charge in [0.2, 0.25) is 0 Å². The number of ether oxygens (including phenoxy) is 1. The Bertz CT molecular complexity index is 337. The van der Waals surface area contributed by atoms with Crippen molar-refractivity contribution in [3.63, 3.8) is 0 Å². The van der Waals surface area contributed by atoms with E-state index in [2.05, 4.69) is 13.8 Å². The number of aliphatic hydroxyl groups is 1. The zero-order valence-electron chi connectivity index (χ0n) is 10.0. The van der Waals surface area contributed by atoms with Crippen molar-refractivity contribution in [2.24, 2.45) is 5.92 Å². The molecule has 1 aromatic rings. The van der Waals surface area contributed by atoms with Crippen molar-refractivity contribution in [3.05, 3.63) is 28.8 Å². The summed E-state index contributed by atoms with van der Waals surface area (Å²) in [5, 5.41) is 9.75. The normalized spacial score (nSPS) is 12.9. The molecule has 1 aromatic carbocycles. The number of halogens is 1. The van der Waals surface area contributed by atoms with E-state index >= 15 is 0 Å². The summed E-state index contributed by atoms with van der Waals surface area (Å²) < 4.78 is 5.62. The van der Waals surface area contributed by atoms with Gasteiger partial charge in [-0.15, -0.1) is 0 Å². The molecule has 0 amide bonds. The lowest BCUT2D eigenvalue weighted by Crippen LogP contribution is -2.05. The van der Waals surface area contributed by atoms with Crippen LogP contribution in [0.1, 0.15) is 32.3 Å². The Morgan fingerprint density at radius 3 is 2.50 bits per heavy atom. The molecule has 1 rings (SSSR count). The SMILES string of the molecule is CC(C)COc1cc(Cl)cc(C(C)CO)c1. The molecule has 0 bridgehead atoms. The van der Waals surface area contributed by atoms with Gasteiger partial charge in [0.1, 0.15) is 5.75 Å². The predicted octanol–water partition coefficient (Wildman–Crippen LogP) is 3.47. The van der Waals surface area contributed by atoms with E-state index in [1.54, 1.807) is 6.07 Å². The third kappa shape index (κ3) is 4.03. The van der Waals surface area contributed by atoms with Crippen LogP contribution in [0.15, 0.2) is 18.2 Å².